The summed E-state index contributed by atoms with van der Waals surface area (Å²) in [6, 6.07) is 8.27. The van der Waals surface area contributed by atoms with Crippen molar-refractivity contribution < 1.29 is 4.79 Å². The Labute approximate surface area is 125 Å². The Morgan fingerprint density at radius 3 is 3.05 bits per heavy atom. The fourth-order valence-electron chi connectivity index (χ4n) is 2.42. The van der Waals surface area contributed by atoms with Gasteiger partial charge < -0.3 is 10.6 Å². The Bertz CT molecular complexity index is 643. The summed E-state index contributed by atoms with van der Waals surface area (Å²) >= 11 is 2.69. The molecule has 20 heavy (non-hydrogen) atoms. The van der Waals surface area contributed by atoms with E-state index in [-0.39, 0.29) is 11.9 Å². The number of carbonyl (C=O) groups excluding carboxylic acids is 1. The highest BCUT2D eigenvalue weighted by Gasteiger charge is 2.30. The lowest BCUT2D eigenvalue weighted by molar-refractivity contribution is -0.116. The molecule has 0 fully saturated rings. The first-order chi connectivity index (χ1) is 9.65. The monoisotopic (exact) mass is 306 g/mol. The lowest BCUT2D eigenvalue weighted by Gasteiger charge is -2.22. The van der Waals surface area contributed by atoms with Gasteiger partial charge in [-0.3, -0.25) is 4.79 Å². The van der Waals surface area contributed by atoms with Gasteiger partial charge in [0.25, 0.3) is 0 Å². The van der Waals surface area contributed by atoms with Crippen LogP contribution >= 0.6 is 23.1 Å². The van der Waals surface area contributed by atoms with Crippen LogP contribution in [0.4, 0.5) is 10.8 Å². The van der Waals surface area contributed by atoms with E-state index in [0.29, 0.717) is 10.9 Å². The Hall–Kier alpha value is -1.60. The summed E-state index contributed by atoms with van der Waals surface area (Å²) in [4.78, 5) is 14.3. The van der Waals surface area contributed by atoms with E-state index in [1.807, 2.05) is 23.1 Å². The SMILES string of the molecule is C[C@@H]1Cc2ccccc2N1C(=O)CSc1nnc(N)s1. The van der Waals surface area contributed by atoms with Gasteiger partial charge in [-0.15, -0.1) is 10.2 Å². The average molecular weight is 306 g/mol. The highest BCUT2D eigenvalue weighted by Crippen LogP contribution is 2.33. The van der Waals surface area contributed by atoms with E-state index in [4.69, 9.17) is 5.73 Å². The topological polar surface area (TPSA) is 72.1 Å². The van der Waals surface area contributed by atoms with Crippen LogP contribution in [0.1, 0.15) is 12.5 Å². The number of aromatic nitrogens is 2. The standard InChI is InChI=1S/C13H14N4OS2/c1-8-6-9-4-2-3-5-10(9)17(8)11(18)7-19-13-16-15-12(14)20-13/h2-5,8H,6-7H2,1H3,(H2,14,15)/t8-/m1/s1. The van der Waals surface area contributed by atoms with Crippen molar-refractivity contribution in [1.82, 2.24) is 10.2 Å². The first kappa shape index (κ1) is 13.4. The van der Waals surface area contributed by atoms with Crippen molar-refractivity contribution >= 4 is 39.8 Å². The van der Waals surface area contributed by atoms with Crippen LogP contribution in [0.5, 0.6) is 0 Å². The van der Waals surface area contributed by atoms with E-state index in [1.165, 1.54) is 28.7 Å². The second kappa shape index (κ2) is 5.41. The molecule has 104 valence electrons. The first-order valence-electron chi connectivity index (χ1n) is 6.27. The minimum Gasteiger partial charge on any atom is -0.374 e. The smallest absolute Gasteiger partial charge is 0.237 e. The fourth-order valence-corrected chi connectivity index (χ4v) is 3.91. The molecule has 0 saturated heterocycles. The normalized spacial score (nSPS) is 17.2. The van der Waals surface area contributed by atoms with Crippen LogP contribution in [0.15, 0.2) is 28.6 Å². The van der Waals surface area contributed by atoms with E-state index in [0.717, 1.165) is 16.4 Å². The minimum absolute atomic E-state index is 0.0984. The van der Waals surface area contributed by atoms with Crippen molar-refractivity contribution in [2.24, 2.45) is 0 Å². The number of thioether (sulfide) groups is 1. The quantitative estimate of drug-likeness (QED) is 0.880. The summed E-state index contributed by atoms with van der Waals surface area (Å²) in [6.45, 7) is 2.07. The molecule has 1 aromatic heterocycles. The molecule has 2 N–H and O–H groups in total. The van der Waals surface area contributed by atoms with E-state index in [9.17, 15) is 4.79 Å². The fraction of sp³-hybridized carbons (Fsp3) is 0.308. The number of rotatable bonds is 3. The second-order valence-electron chi connectivity index (χ2n) is 4.64. The van der Waals surface area contributed by atoms with E-state index in [1.54, 1.807) is 0 Å². The van der Waals surface area contributed by atoms with Crippen molar-refractivity contribution in [1.29, 1.82) is 0 Å². The molecule has 0 aliphatic carbocycles. The van der Waals surface area contributed by atoms with Crippen molar-refractivity contribution in [3.63, 3.8) is 0 Å². The van der Waals surface area contributed by atoms with Gasteiger partial charge in [-0.2, -0.15) is 0 Å². The van der Waals surface area contributed by atoms with E-state index in [2.05, 4.69) is 23.2 Å². The van der Waals surface area contributed by atoms with Gasteiger partial charge in [-0.25, -0.2) is 0 Å². The zero-order valence-corrected chi connectivity index (χ0v) is 12.6. The molecular weight excluding hydrogens is 292 g/mol. The third-order valence-electron chi connectivity index (χ3n) is 3.22. The molecule has 1 amide bonds. The minimum atomic E-state index is 0.0984. The maximum atomic E-state index is 12.4. The van der Waals surface area contributed by atoms with Crippen LogP contribution in [0.2, 0.25) is 0 Å². The van der Waals surface area contributed by atoms with Gasteiger partial charge in [0.05, 0.1) is 5.75 Å². The Balaban J connectivity index is 1.71. The largest absolute Gasteiger partial charge is 0.374 e. The number of anilines is 2. The number of hydrogen-bond acceptors (Lipinski definition) is 6. The lowest BCUT2D eigenvalue weighted by atomic mass is 10.1. The molecule has 1 aliphatic rings. The molecule has 0 radical (unpaired) electrons. The predicted octanol–water partition coefficient (Wildman–Crippen LogP) is 2.19. The Morgan fingerprint density at radius 2 is 2.30 bits per heavy atom. The van der Waals surface area contributed by atoms with Crippen LogP contribution in [-0.2, 0) is 11.2 Å². The van der Waals surface area contributed by atoms with Crippen LogP contribution in [0, 0.1) is 0 Å². The van der Waals surface area contributed by atoms with Crippen molar-refractivity contribution in [2.75, 3.05) is 16.4 Å². The van der Waals surface area contributed by atoms with Gasteiger partial charge in [0.15, 0.2) is 4.34 Å². The van der Waals surface area contributed by atoms with Gasteiger partial charge >= 0.3 is 0 Å². The maximum absolute atomic E-state index is 12.4. The summed E-state index contributed by atoms with van der Waals surface area (Å²) < 4.78 is 0.732. The number of nitrogen functional groups attached to an aromatic ring is 1. The highest BCUT2D eigenvalue weighted by molar-refractivity contribution is 8.01. The molecule has 0 spiro atoms. The number of nitrogens with two attached hydrogens (primary N) is 1. The molecule has 1 atom stereocenters. The Kier molecular flexibility index (Phi) is 3.62. The lowest BCUT2D eigenvalue weighted by Crippen LogP contribution is -2.36. The van der Waals surface area contributed by atoms with Gasteiger partial charge in [0.2, 0.25) is 11.0 Å². The molecule has 1 aliphatic heterocycles. The Morgan fingerprint density at radius 1 is 1.50 bits per heavy atom. The molecule has 0 bridgehead atoms. The molecule has 1 aromatic carbocycles. The van der Waals surface area contributed by atoms with Gasteiger partial charge in [-0.1, -0.05) is 41.3 Å². The highest BCUT2D eigenvalue weighted by atomic mass is 32.2. The number of hydrogen-bond donors (Lipinski definition) is 1. The second-order valence-corrected chi connectivity index (χ2v) is 6.87. The molecular formula is C13H14N4OS2. The summed E-state index contributed by atoms with van der Waals surface area (Å²) in [5.74, 6) is 0.453. The molecule has 2 heterocycles. The van der Waals surface area contributed by atoms with Crippen LogP contribution in [0.25, 0.3) is 0 Å². The first-order valence-corrected chi connectivity index (χ1v) is 8.07. The molecule has 7 heteroatoms. The van der Waals surface area contributed by atoms with Crippen molar-refractivity contribution in [2.45, 2.75) is 23.7 Å². The molecule has 0 saturated carbocycles. The third-order valence-corrected chi connectivity index (χ3v) is 5.09. The predicted molar refractivity (Wildman–Crippen MR) is 82.1 cm³/mol. The number of benzene rings is 1. The molecule has 5 nitrogen and oxygen atoms in total. The van der Waals surface area contributed by atoms with Gasteiger partial charge in [0, 0.05) is 11.7 Å². The van der Waals surface area contributed by atoms with E-state index < -0.39 is 0 Å². The molecule has 2 aromatic rings. The number of amides is 1. The van der Waals surface area contributed by atoms with E-state index >= 15 is 0 Å². The van der Waals surface area contributed by atoms with Crippen molar-refractivity contribution in [3.05, 3.63) is 29.8 Å². The van der Waals surface area contributed by atoms with Crippen LogP contribution in [0.3, 0.4) is 0 Å². The van der Waals surface area contributed by atoms with Crippen LogP contribution < -0.4 is 10.6 Å². The average Bonchev–Trinajstić information content (AvgIpc) is 2.98. The summed E-state index contributed by atoms with van der Waals surface area (Å²) in [7, 11) is 0. The summed E-state index contributed by atoms with van der Waals surface area (Å²) in [5.41, 5.74) is 7.79. The molecule has 3 rings (SSSR count). The maximum Gasteiger partial charge on any atom is 0.237 e. The zero-order valence-electron chi connectivity index (χ0n) is 10.9. The van der Waals surface area contributed by atoms with Gasteiger partial charge in [0.1, 0.15) is 0 Å². The number of nitrogens with zero attached hydrogens (tertiary/aromatic N) is 3. The third kappa shape index (κ3) is 2.51. The van der Waals surface area contributed by atoms with Crippen LogP contribution in [-0.4, -0.2) is 27.9 Å². The summed E-state index contributed by atoms with van der Waals surface area (Å²) in [5, 5.41) is 8.09. The summed E-state index contributed by atoms with van der Waals surface area (Å²) in [6.07, 6.45) is 0.915. The molecule has 0 unspecified atom stereocenters. The number of fused-ring (bicyclic) bond motifs is 1. The number of para-hydroxylation sites is 1. The van der Waals surface area contributed by atoms with Gasteiger partial charge in [-0.05, 0) is 25.0 Å². The number of carbonyl (C=O) groups is 1. The van der Waals surface area contributed by atoms with Crippen molar-refractivity contribution in [3.8, 4) is 0 Å². The zero-order chi connectivity index (χ0) is 14.1.